The van der Waals surface area contributed by atoms with Crippen LogP contribution < -0.4 is 4.18 Å². The second-order valence-electron chi connectivity index (χ2n) is 3.41. The average molecular weight is 329 g/mol. The van der Waals surface area contributed by atoms with Crippen LogP contribution in [-0.4, -0.2) is 31.9 Å². The molecule has 0 N–H and O–H groups in total. The Balaban J connectivity index is 3.38. The number of nitro benzene ring substituents is 1. The molecular weight excluding hydrogens is 323 g/mol. The topological polar surface area (TPSA) is 113 Å². The number of ether oxygens (including phenoxy) is 1. The van der Waals surface area contributed by atoms with E-state index in [9.17, 15) is 36.5 Å². The molecule has 1 aromatic carbocycles. The molecule has 0 atom stereocenters. The van der Waals surface area contributed by atoms with Crippen molar-refractivity contribution in [1.29, 1.82) is 0 Å². The van der Waals surface area contributed by atoms with E-state index in [-0.39, 0.29) is 0 Å². The second-order valence-corrected chi connectivity index (χ2v) is 4.95. The Morgan fingerprint density at radius 1 is 1.33 bits per heavy atom. The zero-order valence-corrected chi connectivity index (χ0v) is 10.9. The Bertz CT molecular complexity index is 683. The van der Waals surface area contributed by atoms with E-state index in [0.717, 1.165) is 13.2 Å². The van der Waals surface area contributed by atoms with E-state index >= 15 is 0 Å². The van der Waals surface area contributed by atoms with Gasteiger partial charge >= 0.3 is 27.3 Å². The summed E-state index contributed by atoms with van der Waals surface area (Å²) in [6.45, 7) is 0. The Kier molecular flexibility index (Phi) is 4.41. The predicted molar refractivity (Wildman–Crippen MR) is 60.0 cm³/mol. The van der Waals surface area contributed by atoms with Gasteiger partial charge in [-0.15, -0.1) is 0 Å². The molecule has 0 bridgehead atoms. The first-order valence-corrected chi connectivity index (χ1v) is 6.28. The van der Waals surface area contributed by atoms with Gasteiger partial charge < -0.3 is 8.92 Å². The monoisotopic (exact) mass is 329 g/mol. The molecule has 0 aliphatic carbocycles. The van der Waals surface area contributed by atoms with Crippen LogP contribution in [0.25, 0.3) is 0 Å². The fraction of sp³-hybridized carbons (Fsp3) is 0.222. The van der Waals surface area contributed by atoms with Gasteiger partial charge in [0.05, 0.1) is 17.6 Å². The molecule has 0 fully saturated rings. The first-order valence-electron chi connectivity index (χ1n) is 4.87. The standard InChI is InChI=1S/C9H6F3NO7S/c1-19-8(14)5-2-3-6(13(15)16)7(4-5)20-21(17,18)9(10,11)12/h2-4H,1H3. The molecular formula is C9H6F3NO7S. The molecule has 0 radical (unpaired) electrons. The van der Waals surface area contributed by atoms with Gasteiger partial charge in [0, 0.05) is 12.1 Å². The van der Waals surface area contributed by atoms with E-state index in [0.29, 0.717) is 12.1 Å². The molecule has 0 aliphatic rings. The highest BCUT2D eigenvalue weighted by Gasteiger charge is 2.49. The lowest BCUT2D eigenvalue weighted by molar-refractivity contribution is -0.385. The molecule has 1 aromatic rings. The van der Waals surface area contributed by atoms with Crippen molar-refractivity contribution in [3.05, 3.63) is 33.9 Å². The van der Waals surface area contributed by atoms with Crippen molar-refractivity contribution >= 4 is 21.8 Å². The lowest BCUT2D eigenvalue weighted by Crippen LogP contribution is -2.28. The number of benzene rings is 1. The van der Waals surface area contributed by atoms with Crippen LogP contribution in [0.1, 0.15) is 10.4 Å². The minimum Gasteiger partial charge on any atom is -0.465 e. The predicted octanol–water partition coefficient (Wildman–Crippen LogP) is 1.61. The highest BCUT2D eigenvalue weighted by molar-refractivity contribution is 7.88. The first-order chi connectivity index (χ1) is 9.49. The number of alkyl halides is 3. The van der Waals surface area contributed by atoms with Crippen molar-refractivity contribution in [2.45, 2.75) is 5.51 Å². The zero-order chi connectivity index (χ0) is 16.4. The summed E-state index contributed by atoms with van der Waals surface area (Å²) in [6, 6.07) is 1.96. The lowest BCUT2D eigenvalue weighted by Gasteiger charge is -2.10. The van der Waals surface area contributed by atoms with Crippen LogP contribution in [0.5, 0.6) is 5.75 Å². The van der Waals surface area contributed by atoms with Gasteiger partial charge in [0.1, 0.15) is 0 Å². The number of nitrogens with zero attached hydrogens (tertiary/aromatic N) is 1. The normalized spacial score (nSPS) is 11.8. The lowest BCUT2D eigenvalue weighted by atomic mass is 10.2. The number of nitro groups is 1. The smallest absolute Gasteiger partial charge is 0.465 e. The van der Waals surface area contributed by atoms with Crippen molar-refractivity contribution in [2.75, 3.05) is 7.11 Å². The van der Waals surface area contributed by atoms with E-state index in [1.165, 1.54) is 0 Å². The number of hydrogen-bond acceptors (Lipinski definition) is 7. The Morgan fingerprint density at radius 2 is 1.90 bits per heavy atom. The number of methoxy groups -OCH3 is 1. The van der Waals surface area contributed by atoms with Crippen molar-refractivity contribution in [1.82, 2.24) is 0 Å². The van der Waals surface area contributed by atoms with Gasteiger partial charge in [0.15, 0.2) is 0 Å². The fourth-order valence-electron chi connectivity index (χ4n) is 1.14. The van der Waals surface area contributed by atoms with E-state index in [1.54, 1.807) is 0 Å². The summed E-state index contributed by atoms with van der Waals surface area (Å²) in [6.07, 6.45) is 0. The molecule has 21 heavy (non-hydrogen) atoms. The minimum absolute atomic E-state index is 0.421. The molecule has 116 valence electrons. The second kappa shape index (κ2) is 5.55. The third-order valence-corrected chi connectivity index (χ3v) is 3.03. The van der Waals surface area contributed by atoms with Crippen molar-refractivity contribution in [2.24, 2.45) is 0 Å². The van der Waals surface area contributed by atoms with Gasteiger partial charge in [-0.2, -0.15) is 21.6 Å². The largest absolute Gasteiger partial charge is 0.534 e. The van der Waals surface area contributed by atoms with Crippen molar-refractivity contribution < 1.29 is 40.2 Å². The minimum atomic E-state index is -6.11. The zero-order valence-electron chi connectivity index (χ0n) is 10.1. The number of halogens is 3. The summed E-state index contributed by atoms with van der Waals surface area (Å²) in [5, 5.41) is 10.6. The Morgan fingerprint density at radius 3 is 2.33 bits per heavy atom. The fourth-order valence-corrected chi connectivity index (χ4v) is 1.61. The van der Waals surface area contributed by atoms with Gasteiger partial charge in [-0.3, -0.25) is 10.1 Å². The molecule has 8 nitrogen and oxygen atoms in total. The van der Waals surface area contributed by atoms with E-state index in [4.69, 9.17) is 0 Å². The van der Waals surface area contributed by atoms with Crippen LogP contribution in [0, 0.1) is 10.1 Å². The van der Waals surface area contributed by atoms with E-state index in [1.807, 2.05) is 0 Å². The molecule has 0 aliphatic heterocycles. The molecule has 12 heteroatoms. The highest BCUT2D eigenvalue weighted by Crippen LogP contribution is 2.33. The van der Waals surface area contributed by atoms with Crippen LogP contribution in [0.4, 0.5) is 18.9 Å². The third-order valence-electron chi connectivity index (χ3n) is 2.06. The molecule has 0 amide bonds. The average Bonchev–Trinajstić information content (AvgIpc) is 2.35. The van der Waals surface area contributed by atoms with Crippen molar-refractivity contribution in [3.8, 4) is 5.75 Å². The summed E-state index contributed by atoms with van der Waals surface area (Å²) in [5.41, 5.74) is -7.26. The summed E-state index contributed by atoms with van der Waals surface area (Å²) in [5.74, 6) is -2.29. The number of carbonyl (C=O) groups excluding carboxylic acids is 1. The number of rotatable bonds is 4. The summed E-state index contributed by atoms with van der Waals surface area (Å²) in [4.78, 5) is 20.7. The van der Waals surface area contributed by atoms with Gasteiger partial charge in [-0.25, -0.2) is 4.79 Å². The maximum Gasteiger partial charge on any atom is 0.534 e. The number of carbonyl (C=O) groups is 1. The summed E-state index contributed by atoms with van der Waals surface area (Å²) < 4.78 is 66.3. The molecule has 0 spiro atoms. The summed E-state index contributed by atoms with van der Waals surface area (Å²) >= 11 is 0. The number of hydrogen-bond donors (Lipinski definition) is 0. The highest BCUT2D eigenvalue weighted by atomic mass is 32.2. The van der Waals surface area contributed by atoms with Crippen LogP contribution in [0.2, 0.25) is 0 Å². The van der Waals surface area contributed by atoms with Gasteiger partial charge in [0.25, 0.3) is 0 Å². The molecule has 0 aromatic heterocycles. The van der Waals surface area contributed by atoms with Crippen molar-refractivity contribution in [3.63, 3.8) is 0 Å². The van der Waals surface area contributed by atoms with Crippen LogP contribution in [-0.2, 0) is 14.9 Å². The molecule has 0 unspecified atom stereocenters. The molecule has 0 heterocycles. The van der Waals surface area contributed by atoms with E-state index in [2.05, 4.69) is 8.92 Å². The summed E-state index contributed by atoms with van der Waals surface area (Å²) in [7, 11) is -5.16. The van der Waals surface area contributed by atoms with Gasteiger partial charge in [0.2, 0.25) is 5.75 Å². The quantitative estimate of drug-likeness (QED) is 0.271. The first kappa shape index (κ1) is 16.7. The Labute approximate surface area is 115 Å². The van der Waals surface area contributed by atoms with Crippen LogP contribution >= 0.6 is 0 Å². The molecule has 1 rings (SSSR count). The van der Waals surface area contributed by atoms with Crippen LogP contribution in [0.3, 0.4) is 0 Å². The molecule has 0 saturated heterocycles. The SMILES string of the molecule is COC(=O)c1ccc([N+](=O)[O-])c(OS(=O)(=O)C(F)(F)F)c1. The van der Waals surface area contributed by atoms with E-state index < -0.39 is 43.5 Å². The maximum atomic E-state index is 12.2. The Hall–Kier alpha value is -2.37. The maximum absolute atomic E-state index is 12.2. The van der Waals surface area contributed by atoms with Crippen LogP contribution in [0.15, 0.2) is 18.2 Å². The third kappa shape index (κ3) is 3.59. The number of esters is 1. The molecule has 0 saturated carbocycles. The van der Waals surface area contributed by atoms with Gasteiger partial charge in [-0.1, -0.05) is 0 Å². The van der Waals surface area contributed by atoms with Gasteiger partial charge in [-0.05, 0) is 6.07 Å².